The number of carbonyl (C=O) groups is 1. The van der Waals surface area contributed by atoms with Crippen molar-refractivity contribution >= 4 is 30.0 Å². The molecule has 0 atom stereocenters. The highest BCUT2D eigenvalue weighted by Gasteiger charge is 2.24. The van der Waals surface area contributed by atoms with E-state index in [1.165, 1.54) is 42.8 Å². The number of thioether (sulfide) groups is 1. The van der Waals surface area contributed by atoms with E-state index in [1.54, 1.807) is 18.4 Å². The first kappa shape index (κ1) is 22.1. The highest BCUT2D eigenvalue weighted by Crippen LogP contribution is 2.35. The highest BCUT2D eigenvalue weighted by atomic mass is 32.2. The molecule has 3 aromatic rings. The molecular weight excluding hydrogens is 422 g/mol. The summed E-state index contributed by atoms with van der Waals surface area (Å²) in [6.07, 6.45) is 12.5. The molecule has 1 aliphatic rings. The minimum Gasteiger partial charge on any atom is -0.465 e. The van der Waals surface area contributed by atoms with Crippen LogP contribution in [0.25, 0.3) is 17.5 Å². The third-order valence-corrected chi connectivity index (χ3v) is 6.34. The van der Waals surface area contributed by atoms with Gasteiger partial charge in [-0.1, -0.05) is 60.9 Å². The molecule has 1 saturated carbocycles. The van der Waals surface area contributed by atoms with Crippen molar-refractivity contribution in [2.24, 2.45) is 5.10 Å². The zero-order valence-corrected chi connectivity index (χ0v) is 18.9. The summed E-state index contributed by atoms with van der Waals surface area (Å²) in [5.41, 5.74) is 4.81. The number of carbonyl (C=O) groups excluding carboxylic acids is 1. The van der Waals surface area contributed by atoms with Crippen LogP contribution < -0.4 is 5.43 Å². The molecular formula is C24H27N5O2S. The molecule has 166 valence electrons. The third kappa shape index (κ3) is 5.76. The van der Waals surface area contributed by atoms with Gasteiger partial charge in [0.25, 0.3) is 5.91 Å². The van der Waals surface area contributed by atoms with Gasteiger partial charge < -0.3 is 4.42 Å². The summed E-state index contributed by atoms with van der Waals surface area (Å²) in [6.45, 7) is 2.07. The van der Waals surface area contributed by atoms with Crippen molar-refractivity contribution in [1.82, 2.24) is 20.2 Å². The molecule has 2 heterocycles. The third-order valence-electron chi connectivity index (χ3n) is 5.40. The van der Waals surface area contributed by atoms with Crippen LogP contribution >= 0.6 is 11.8 Å². The van der Waals surface area contributed by atoms with Crippen molar-refractivity contribution in [2.45, 2.75) is 50.2 Å². The summed E-state index contributed by atoms with van der Waals surface area (Å²) in [5, 5.41) is 13.7. The van der Waals surface area contributed by atoms with Crippen LogP contribution in [0.4, 0.5) is 0 Å². The second-order valence-electron chi connectivity index (χ2n) is 7.81. The van der Waals surface area contributed by atoms with E-state index in [9.17, 15) is 4.79 Å². The molecule has 0 spiro atoms. The van der Waals surface area contributed by atoms with Crippen LogP contribution in [0.1, 0.15) is 49.5 Å². The number of aromatic nitrogens is 3. The molecule has 8 heteroatoms. The van der Waals surface area contributed by atoms with Crippen molar-refractivity contribution in [3.05, 3.63) is 60.1 Å². The van der Waals surface area contributed by atoms with Crippen molar-refractivity contribution in [2.75, 3.05) is 5.75 Å². The summed E-state index contributed by atoms with van der Waals surface area (Å²) >= 11 is 1.40. The minimum absolute atomic E-state index is 0.187. The number of nitrogens with zero attached hydrogens (tertiary/aromatic N) is 4. The lowest BCUT2D eigenvalue weighted by atomic mass is 9.95. The van der Waals surface area contributed by atoms with Gasteiger partial charge in [-0.05, 0) is 44.1 Å². The molecule has 0 saturated heterocycles. The maximum atomic E-state index is 12.3. The second kappa shape index (κ2) is 10.9. The van der Waals surface area contributed by atoms with E-state index in [-0.39, 0.29) is 11.7 Å². The standard InChI is InChI=1S/C24H27N5O2S/c1-18-11-13-19(14-12-18)23-27-28-24(29(23)20-7-3-2-4-8-20)32-17-22(30)26-25-15-5-9-21-10-6-16-31-21/h5-6,9-16,20H,2-4,7-8,17H2,1H3,(H,26,30)/b9-5+,25-15-. The summed E-state index contributed by atoms with van der Waals surface area (Å²) < 4.78 is 7.43. The molecule has 1 aromatic carbocycles. The Kier molecular flexibility index (Phi) is 7.55. The quantitative estimate of drug-likeness (QED) is 0.288. The molecule has 0 bridgehead atoms. The number of amides is 1. The predicted octanol–water partition coefficient (Wildman–Crippen LogP) is 5.26. The Balaban J connectivity index is 1.41. The first-order valence-electron chi connectivity index (χ1n) is 10.9. The van der Waals surface area contributed by atoms with E-state index in [2.05, 4.69) is 56.5 Å². The smallest absolute Gasteiger partial charge is 0.250 e. The Labute approximate surface area is 192 Å². The van der Waals surface area contributed by atoms with Crippen LogP contribution in [0, 0.1) is 6.92 Å². The molecule has 1 N–H and O–H groups in total. The number of allylic oxidation sites excluding steroid dienone is 1. The summed E-state index contributed by atoms with van der Waals surface area (Å²) in [5.74, 6) is 1.64. The van der Waals surface area contributed by atoms with E-state index in [0.717, 1.165) is 35.1 Å². The van der Waals surface area contributed by atoms with Gasteiger partial charge in [-0.15, -0.1) is 10.2 Å². The first-order chi connectivity index (χ1) is 15.7. The lowest BCUT2D eigenvalue weighted by Crippen LogP contribution is -2.20. The Morgan fingerprint density at radius 2 is 2.03 bits per heavy atom. The molecule has 1 amide bonds. The molecule has 4 rings (SSSR count). The number of nitrogens with one attached hydrogen (secondary N) is 1. The Bertz CT molecular complexity index is 1060. The van der Waals surface area contributed by atoms with Gasteiger partial charge >= 0.3 is 0 Å². The molecule has 2 aromatic heterocycles. The predicted molar refractivity (Wildman–Crippen MR) is 127 cm³/mol. The van der Waals surface area contributed by atoms with Crippen LogP contribution in [0.5, 0.6) is 0 Å². The van der Waals surface area contributed by atoms with Crippen LogP contribution in [-0.4, -0.2) is 32.6 Å². The molecule has 0 aliphatic heterocycles. The Morgan fingerprint density at radius 3 is 2.78 bits per heavy atom. The molecule has 1 fully saturated rings. The number of hydrazone groups is 1. The van der Waals surface area contributed by atoms with Gasteiger partial charge in [-0.3, -0.25) is 9.36 Å². The van der Waals surface area contributed by atoms with E-state index < -0.39 is 0 Å². The Hall–Kier alpha value is -3.13. The van der Waals surface area contributed by atoms with E-state index in [0.29, 0.717) is 6.04 Å². The van der Waals surface area contributed by atoms with Gasteiger partial charge in [0.15, 0.2) is 11.0 Å². The van der Waals surface area contributed by atoms with Crippen LogP contribution in [-0.2, 0) is 4.79 Å². The number of hydrogen-bond acceptors (Lipinski definition) is 6. The van der Waals surface area contributed by atoms with Gasteiger partial charge in [0.05, 0.1) is 12.0 Å². The highest BCUT2D eigenvalue weighted by molar-refractivity contribution is 7.99. The minimum atomic E-state index is -0.187. The SMILES string of the molecule is Cc1ccc(-c2nnc(SCC(=O)N/N=C\C=C\c3ccco3)n2C2CCCCC2)cc1. The van der Waals surface area contributed by atoms with Crippen molar-refractivity contribution in [3.8, 4) is 11.4 Å². The molecule has 0 radical (unpaired) electrons. The second-order valence-corrected chi connectivity index (χ2v) is 8.75. The van der Waals surface area contributed by atoms with Crippen LogP contribution in [0.2, 0.25) is 0 Å². The molecule has 7 nitrogen and oxygen atoms in total. The van der Waals surface area contributed by atoms with Gasteiger partial charge in [-0.2, -0.15) is 5.10 Å². The van der Waals surface area contributed by atoms with E-state index in [4.69, 9.17) is 4.42 Å². The maximum Gasteiger partial charge on any atom is 0.250 e. The number of aryl methyl sites for hydroxylation is 1. The molecule has 32 heavy (non-hydrogen) atoms. The van der Waals surface area contributed by atoms with E-state index in [1.807, 2.05) is 12.1 Å². The lowest BCUT2D eigenvalue weighted by Gasteiger charge is -2.25. The largest absolute Gasteiger partial charge is 0.465 e. The summed E-state index contributed by atoms with van der Waals surface area (Å²) in [6, 6.07) is 12.4. The van der Waals surface area contributed by atoms with Crippen molar-refractivity contribution in [1.29, 1.82) is 0 Å². The van der Waals surface area contributed by atoms with Crippen LogP contribution in [0.3, 0.4) is 0 Å². The summed E-state index contributed by atoms with van der Waals surface area (Å²) in [7, 11) is 0. The monoisotopic (exact) mass is 449 g/mol. The van der Waals surface area contributed by atoms with Gasteiger partial charge in [0, 0.05) is 17.8 Å². The number of benzene rings is 1. The van der Waals surface area contributed by atoms with Gasteiger partial charge in [-0.25, -0.2) is 5.43 Å². The fourth-order valence-electron chi connectivity index (χ4n) is 3.78. The van der Waals surface area contributed by atoms with Crippen molar-refractivity contribution in [3.63, 3.8) is 0 Å². The lowest BCUT2D eigenvalue weighted by molar-refractivity contribution is -0.118. The number of furan rings is 1. The number of hydrogen-bond donors (Lipinski definition) is 1. The van der Waals surface area contributed by atoms with Crippen molar-refractivity contribution < 1.29 is 9.21 Å². The fourth-order valence-corrected chi connectivity index (χ4v) is 4.58. The number of rotatable bonds is 8. The summed E-state index contributed by atoms with van der Waals surface area (Å²) in [4.78, 5) is 12.3. The maximum absolute atomic E-state index is 12.3. The molecule has 0 unspecified atom stereocenters. The topological polar surface area (TPSA) is 85.3 Å². The van der Waals surface area contributed by atoms with Gasteiger partial charge in [0.2, 0.25) is 0 Å². The molecule has 1 aliphatic carbocycles. The average Bonchev–Trinajstić information content (AvgIpc) is 3.48. The Morgan fingerprint density at radius 1 is 1.22 bits per heavy atom. The average molecular weight is 450 g/mol. The fraction of sp³-hybridized carbons (Fsp3) is 0.333. The first-order valence-corrected chi connectivity index (χ1v) is 11.9. The zero-order valence-electron chi connectivity index (χ0n) is 18.1. The van der Waals surface area contributed by atoms with Crippen LogP contribution in [0.15, 0.2) is 63.4 Å². The van der Waals surface area contributed by atoms with E-state index >= 15 is 0 Å². The van der Waals surface area contributed by atoms with Gasteiger partial charge in [0.1, 0.15) is 5.76 Å². The normalized spacial score (nSPS) is 15.0. The zero-order chi connectivity index (χ0) is 22.2.